The van der Waals surface area contributed by atoms with Crippen LogP contribution < -0.4 is 5.32 Å². The van der Waals surface area contributed by atoms with E-state index in [-0.39, 0.29) is 29.3 Å². The van der Waals surface area contributed by atoms with E-state index in [9.17, 15) is 9.18 Å². The molecule has 2 atom stereocenters. The van der Waals surface area contributed by atoms with Gasteiger partial charge in [-0.3, -0.25) is 4.79 Å². The average molecular weight is 320 g/mol. The third-order valence-corrected chi connectivity index (χ3v) is 4.79. The van der Waals surface area contributed by atoms with E-state index in [2.05, 4.69) is 10.2 Å². The highest BCUT2D eigenvalue weighted by atomic mass is 19.1. The number of amides is 1. The summed E-state index contributed by atoms with van der Waals surface area (Å²) in [7, 11) is 4.00. The Labute approximate surface area is 137 Å². The van der Waals surface area contributed by atoms with E-state index < -0.39 is 0 Å². The molecule has 3 rings (SSSR count). The summed E-state index contributed by atoms with van der Waals surface area (Å²) < 4.78 is 19.2. The Bertz CT molecular complexity index is 572. The first-order valence-corrected chi connectivity index (χ1v) is 8.31. The van der Waals surface area contributed by atoms with Crippen LogP contribution in [0.4, 0.5) is 4.39 Å². The Balaban J connectivity index is 1.60. The van der Waals surface area contributed by atoms with E-state index in [1.54, 1.807) is 6.07 Å². The zero-order valence-corrected chi connectivity index (χ0v) is 13.8. The van der Waals surface area contributed by atoms with Gasteiger partial charge in [0.2, 0.25) is 5.91 Å². The highest BCUT2D eigenvalue weighted by Crippen LogP contribution is 2.46. The Morgan fingerprint density at radius 1 is 1.43 bits per heavy atom. The lowest BCUT2D eigenvalue weighted by atomic mass is 9.96. The number of carbonyl (C=O) groups is 1. The molecule has 126 valence electrons. The molecular weight excluding hydrogens is 295 g/mol. The summed E-state index contributed by atoms with van der Waals surface area (Å²) in [5.41, 5.74) is 0.647. The van der Waals surface area contributed by atoms with Gasteiger partial charge in [0.05, 0.1) is 11.5 Å². The van der Waals surface area contributed by atoms with E-state index in [0.717, 1.165) is 31.4 Å². The van der Waals surface area contributed by atoms with Gasteiger partial charge in [0.25, 0.3) is 0 Å². The van der Waals surface area contributed by atoms with Crippen molar-refractivity contribution in [2.45, 2.75) is 37.8 Å². The van der Waals surface area contributed by atoms with Crippen LogP contribution in [0.5, 0.6) is 0 Å². The fraction of sp³-hybridized carbons (Fsp3) is 0.611. The maximum atomic E-state index is 13.4. The van der Waals surface area contributed by atoms with Crippen LogP contribution >= 0.6 is 0 Å². The van der Waals surface area contributed by atoms with Gasteiger partial charge in [-0.25, -0.2) is 4.39 Å². The van der Waals surface area contributed by atoms with Gasteiger partial charge < -0.3 is 15.0 Å². The molecular formula is C18H25FN2O2. The van der Waals surface area contributed by atoms with Crippen molar-refractivity contribution >= 4 is 5.91 Å². The zero-order valence-electron chi connectivity index (χ0n) is 13.8. The zero-order chi connectivity index (χ0) is 16.4. The number of nitrogens with one attached hydrogen (secondary N) is 1. The number of hydrogen-bond donors (Lipinski definition) is 1. The SMILES string of the molecule is CN(C)CC1(C(=O)NC2CCOC(c3cccc(F)c3)C2)CC1. The molecule has 1 aromatic carbocycles. The predicted molar refractivity (Wildman–Crippen MR) is 86.5 cm³/mol. The van der Waals surface area contributed by atoms with Gasteiger partial charge in [-0.1, -0.05) is 12.1 Å². The van der Waals surface area contributed by atoms with Gasteiger partial charge in [0, 0.05) is 19.2 Å². The maximum Gasteiger partial charge on any atom is 0.227 e. The van der Waals surface area contributed by atoms with Crippen LogP contribution in [0.2, 0.25) is 0 Å². The second-order valence-corrected chi connectivity index (χ2v) is 7.13. The first-order chi connectivity index (χ1) is 11.0. The van der Waals surface area contributed by atoms with Gasteiger partial charge >= 0.3 is 0 Å². The number of halogens is 1. The molecule has 1 saturated heterocycles. The molecule has 1 aromatic rings. The molecule has 1 aliphatic carbocycles. The Morgan fingerprint density at radius 3 is 2.87 bits per heavy atom. The third kappa shape index (κ3) is 3.90. The lowest BCUT2D eigenvalue weighted by Crippen LogP contribution is -2.45. The van der Waals surface area contributed by atoms with Crippen LogP contribution in [0.3, 0.4) is 0 Å². The van der Waals surface area contributed by atoms with Crippen LogP contribution in [0.25, 0.3) is 0 Å². The number of carbonyl (C=O) groups excluding carboxylic acids is 1. The van der Waals surface area contributed by atoms with Gasteiger partial charge in [-0.15, -0.1) is 0 Å². The standard InChI is InChI=1S/C18H25FN2O2/c1-21(2)12-18(7-8-18)17(22)20-15-6-9-23-16(11-15)13-4-3-5-14(19)10-13/h3-5,10,15-16H,6-9,11-12H2,1-2H3,(H,20,22). The first kappa shape index (κ1) is 16.4. The molecule has 2 unspecified atom stereocenters. The monoisotopic (exact) mass is 320 g/mol. The van der Waals surface area contributed by atoms with Gasteiger partial charge in [-0.2, -0.15) is 0 Å². The molecule has 0 radical (unpaired) electrons. The summed E-state index contributed by atoms with van der Waals surface area (Å²) in [5, 5.41) is 3.20. The van der Waals surface area contributed by atoms with Crippen LogP contribution in [-0.2, 0) is 9.53 Å². The highest BCUT2D eigenvalue weighted by Gasteiger charge is 2.50. The summed E-state index contributed by atoms with van der Waals surface area (Å²) in [6.07, 6.45) is 3.30. The summed E-state index contributed by atoms with van der Waals surface area (Å²) in [5.74, 6) is -0.0868. The number of hydrogen-bond acceptors (Lipinski definition) is 3. The van der Waals surface area contributed by atoms with Crippen molar-refractivity contribution < 1.29 is 13.9 Å². The predicted octanol–water partition coefficient (Wildman–Crippen LogP) is 2.50. The minimum Gasteiger partial charge on any atom is -0.373 e. The molecule has 1 amide bonds. The van der Waals surface area contributed by atoms with E-state index in [1.165, 1.54) is 12.1 Å². The fourth-order valence-corrected chi connectivity index (χ4v) is 3.42. The molecule has 23 heavy (non-hydrogen) atoms. The van der Waals surface area contributed by atoms with Crippen molar-refractivity contribution in [3.8, 4) is 0 Å². The van der Waals surface area contributed by atoms with Crippen molar-refractivity contribution in [3.05, 3.63) is 35.6 Å². The molecule has 1 N–H and O–H groups in total. The minimum atomic E-state index is -0.250. The van der Waals surface area contributed by atoms with Crippen LogP contribution in [0, 0.1) is 11.2 Å². The molecule has 0 spiro atoms. The normalized spacial score (nSPS) is 26.1. The van der Waals surface area contributed by atoms with Crippen molar-refractivity contribution in [2.24, 2.45) is 5.41 Å². The molecule has 1 heterocycles. The molecule has 2 aliphatic rings. The molecule has 4 nitrogen and oxygen atoms in total. The van der Waals surface area contributed by atoms with E-state index in [0.29, 0.717) is 13.0 Å². The quantitative estimate of drug-likeness (QED) is 0.906. The maximum absolute atomic E-state index is 13.4. The molecule has 0 aromatic heterocycles. The smallest absolute Gasteiger partial charge is 0.227 e. The number of rotatable bonds is 5. The number of nitrogens with zero attached hydrogens (tertiary/aromatic N) is 1. The van der Waals surface area contributed by atoms with Crippen LogP contribution in [0.1, 0.15) is 37.4 Å². The molecule has 1 aliphatic heterocycles. The Hall–Kier alpha value is -1.46. The van der Waals surface area contributed by atoms with E-state index in [4.69, 9.17) is 4.74 Å². The van der Waals surface area contributed by atoms with Crippen molar-refractivity contribution in [1.29, 1.82) is 0 Å². The largest absolute Gasteiger partial charge is 0.373 e. The molecule has 0 bridgehead atoms. The summed E-state index contributed by atoms with van der Waals surface area (Å²) in [6.45, 7) is 1.39. The second kappa shape index (κ2) is 6.57. The third-order valence-electron chi connectivity index (χ3n) is 4.79. The first-order valence-electron chi connectivity index (χ1n) is 8.31. The summed E-state index contributed by atoms with van der Waals surface area (Å²) in [4.78, 5) is 14.7. The lowest BCUT2D eigenvalue weighted by Gasteiger charge is -2.32. The van der Waals surface area contributed by atoms with E-state index in [1.807, 2.05) is 20.2 Å². The van der Waals surface area contributed by atoms with Crippen molar-refractivity contribution in [3.63, 3.8) is 0 Å². The number of ether oxygens (including phenoxy) is 1. The molecule has 5 heteroatoms. The van der Waals surface area contributed by atoms with Gasteiger partial charge in [-0.05, 0) is 57.5 Å². The van der Waals surface area contributed by atoms with Gasteiger partial charge in [0.1, 0.15) is 5.82 Å². The highest BCUT2D eigenvalue weighted by molar-refractivity contribution is 5.85. The van der Waals surface area contributed by atoms with Crippen molar-refractivity contribution in [2.75, 3.05) is 27.2 Å². The Morgan fingerprint density at radius 2 is 2.22 bits per heavy atom. The molecule has 2 fully saturated rings. The van der Waals surface area contributed by atoms with Crippen LogP contribution in [0.15, 0.2) is 24.3 Å². The average Bonchev–Trinajstić information content (AvgIpc) is 3.27. The Kier molecular flexibility index (Phi) is 4.69. The minimum absolute atomic E-state index is 0.101. The van der Waals surface area contributed by atoms with E-state index >= 15 is 0 Å². The van der Waals surface area contributed by atoms with Crippen molar-refractivity contribution in [1.82, 2.24) is 10.2 Å². The summed E-state index contributed by atoms with van der Waals surface area (Å²) >= 11 is 0. The summed E-state index contributed by atoms with van der Waals surface area (Å²) in [6, 6.07) is 6.63. The topological polar surface area (TPSA) is 41.6 Å². The lowest BCUT2D eigenvalue weighted by molar-refractivity contribution is -0.128. The molecule has 1 saturated carbocycles. The number of benzene rings is 1. The second-order valence-electron chi connectivity index (χ2n) is 7.13. The van der Waals surface area contributed by atoms with Crippen LogP contribution in [-0.4, -0.2) is 44.1 Å². The fourth-order valence-electron chi connectivity index (χ4n) is 3.42. The van der Waals surface area contributed by atoms with Gasteiger partial charge in [0.15, 0.2) is 0 Å².